The summed E-state index contributed by atoms with van der Waals surface area (Å²) in [6.45, 7) is 8.64. The fourth-order valence-electron chi connectivity index (χ4n) is 3.32. The van der Waals surface area contributed by atoms with Crippen LogP contribution in [0.2, 0.25) is 0 Å². The van der Waals surface area contributed by atoms with Gasteiger partial charge >= 0.3 is 0 Å². The van der Waals surface area contributed by atoms with E-state index in [0.717, 1.165) is 11.8 Å². The van der Waals surface area contributed by atoms with Gasteiger partial charge in [-0.1, -0.05) is 30.3 Å². The lowest BCUT2D eigenvalue weighted by molar-refractivity contribution is 0.173. The summed E-state index contributed by atoms with van der Waals surface area (Å²) in [5.74, 6) is 2.40. The highest BCUT2D eigenvalue weighted by Crippen LogP contribution is 2.18. The van der Waals surface area contributed by atoms with E-state index in [-0.39, 0.29) is 12.4 Å². The quantitative estimate of drug-likeness (QED) is 0.800. The summed E-state index contributed by atoms with van der Waals surface area (Å²) in [6, 6.07) is 11.6. The summed E-state index contributed by atoms with van der Waals surface area (Å²) in [5.41, 5.74) is 1.45. The zero-order valence-electron chi connectivity index (χ0n) is 13.2. The number of thioether (sulfide) groups is 1. The Morgan fingerprint density at radius 1 is 1.09 bits per heavy atom. The molecule has 2 aliphatic heterocycles. The smallest absolute Gasteiger partial charge is 0.0236 e. The van der Waals surface area contributed by atoms with Crippen LogP contribution in [-0.4, -0.2) is 67.4 Å². The topological polar surface area (TPSA) is 18.5 Å². The van der Waals surface area contributed by atoms with Crippen LogP contribution >= 0.6 is 24.2 Å². The van der Waals surface area contributed by atoms with Crippen LogP contribution in [0.4, 0.5) is 0 Å². The van der Waals surface area contributed by atoms with Crippen LogP contribution in [0.5, 0.6) is 0 Å². The largest absolute Gasteiger partial charge is 0.314 e. The van der Waals surface area contributed by atoms with Crippen molar-refractivity contribution in [3.8, 4) is 0 Å². The van der Waals surface area contributed by atoms with E-state index < -0.39 is 0 Å². The Kier molecular flexibility index (Phi) is 8.04. The summed E-state index contributed by atoms with van der Waals surface area (Å²) in [4.78, 5) is 5.35. The zero-order chi connectivity index (χ0) is 14.3. The molecule has 0 bridgehead atoms. The van der Waals surface area contributed by atoms with Gasteiger partial charge < -0.3 is 10.2 Å². The Morgan fingerprint density at radius 2 is 1.86 bits per heavy atom. The monoisotopic (exact) mass is 341 g/mol. The molecule has 0 radical (unpaired) electrons. The van der Waals surface area contributed by atoms with Gasteiger partial charge in [0, 0.05) is 56.8 Å². The molecular weight excluding hydrogens is 314 g/mol. The summed E-state index contributed by atoms with van der Waals surface area (Å²) in [6.07, 6.45) is 1.36. The van der Waals surface area contributed by atoms with E-state index in [1.165, 1.54) is 63.6 Å². The van der Waals surface area contributed by atoms with Crippen LogP contribution in [-0.2, 0) is 5.75 Å². The highest BCUT2D eigenvalue weighted by molar-refractivity contribution is 7.98. The number of nitrogens with zero attached hydrogens (tertiary/aromatic N) is 2. The Labute approximate surface area is 145 Å². The van der Waals surface area contributed by atoms with Crippen molar-refractivity contribution in [2.75, 3.05) is 51.6 Å². The highest BCUT2D eigenvalue weighted by Gasteiger charge is 2.27. The fourth-order valence-corrected chi connectivity index (χ4v) is 4.28. The minimum atomic E-state index is 0. The Bertz CT molecular complexity index is 412. The first-order chi connectivity index (χ1) is 10.4. The number of likely N-dealkylation sites (tertiary alicyclic amines) is 1. The molecule has 2 fully saturated rings. The van der Waals surface area contributed by atoms with Gasteiger partial charge in [-0.05, 0) is 18.5 Å². The van der Waals surface area contributed by atoms with Gasteiger partial charge in [0.1, 0.15) is 0 Å². The van der Waals surface area contributed by atoms with E-state index in [2.05, 4.69) is 57.2 Å². The Hall–Kier alpha value is -0.260. The van der Waals surface area contributed by atoms with E-state index in [1.807, 2.05) is 0 Å². The third kappa shape index (κ3) is 5.43. The van der Waals surface area contributed by atoms with E-state index in [4.69, 9.17) is 0 Å². The van der Waals surface area contributed by atoms with Gasteiger partial charge in [0.15, 0.2) is 0 Å². The second-order valence-corrected chi connectivity index (χ2v) is 7.17. The average Bonchev–Trinajstić information content (AvgIpc) is 3.02. The molecule has 0 amide bonds. The number of halogens is 1. The van der Waals surface area contributed by atoms with Crippen LogP contribution in [0.25, 0.3) is 0 Å². The molecule has 0 aromatic heterocycles. The fraction of sp³-hybridized carbons (Fsp3) is 0.647. The Morgan fingerprint density at radius 3 is 2.64 bits per heavy atom. The van der Waals surface area contributed by atoms with Crippen molar-refractivity contribution in [2.24, 2.45) is 0 Å². The maximum atomic E-state index is 3.45. The van der Waals surface area contributed by atoms with Crippen molar-refractivity contribution in [3.63, 3.8) is 0 Å². The molecule has 3 rings (SSSR count). The van der Waals surface area contributed by atoms with E-state index in [1.54, 1.807) is 0 Å². The maximum absolute atomic E-state index is 3.45. The van der Waals surface area contributed by atoms with Crippen molar-refractivity contribution < 1.29 is 0 Å². The van der Waals surface area contributed by atoms with Crippen LogP contribution in [0.3, 0.4) is 0 Å². The van der Waals surface area contributed by atoms with Crippen molar-refractivity contribution in [2.45, 2.75) is 18.2 Å². The third-order valence-corrected chi connectivity index (χ3v) is 5.59. The molecule has 22 heavy (non-hydrogen) atoms. The summed E-state index contributed by atoms with van der Waals surface area (Å²) >= 11 is 2.06. The van der Waals surface area contributed by atoms with Crippen molar-refractivity contribution in [1.29, 1.82) is 0 Å². The molecule has 2 saturated heterocycles. The maximum Gasteiger partial charge on any atom is 0.0236 e. The second kappa shape index (κ2) is 9.78. The molecule has 1 atom stereocenters. The molecule has 1 aromatic rings. The highest BCUT2D eigenvalue weighted by atomic mass is 35.5. The summed E-state index contributed by atoms with van der Waals surface area (Å²) in [5, 5.41) is 3.45. The molecule has 1 aromatic carbocycles. The van der Waals surface area contributed by atoms with E-state index >= 15 is 0 Å². The van der Waals surface area contributed by atoms with E-state index in [0.29, 0.717) is 0 Å². The molecule has 3 nitrogen and oxygen atoms in total. The lowest BCUT2D eigenvalue weighted by Gasteiger charge is -2.32. The molecule has 2 heterocycles. The molecular formula is C17H28ClN3S. The summed E-state index contributed by atoms with van der Waals surface area (Å²) < 4.78 is 0. The van der Waals surface area contributed by atoms with Crippen LogP contribution < -0.4 is 5.32 Å². The first-order valence-corrected chi connectivity index (χ1v) is 9.36. The van der Waals surface area contributed by atoms with Crippen molar-refractivity contribution in [1.82, 2.24) is 15.1 Å². The van der Waals surface area contributed by atoms with Gasteiger partial charge in [-0.25, -0.2) is 0 Å². The van der Waals surface area contributed by atoms with Gasteiger partial charge in [0.25, 0.3) is 0 Å². The molecule has 1 unspecified atom stereocenters. The van der Waals surface area contributed by atoms with Crippen molar-refractivity contribution in [3.05, 3.63) is 35.9 Å². The predicted octanol–water partition coefficient (Wildman–Crippen LogP) is 2.32. The van der Waals surface area contributed by atoms with Gasteiger partial charge in [-0.2, -0.15) is 11.8 Å². The number of hydrogen-bond acceptors (Lipinski definition) is 4. The molecule has 1 N–H and O–H groups in total. The Balaban J connectivity index is 0.00000176. The number of benzene rings is 1. The third-order valence-electron chi connectivity index (χ3n) is 4.58. The second-order valence-electron chi connectivity index (χ2n) is 6.07. The zero-order valence-corrected chi connectivity index (χ0v) is 14.9. The number of piperazine rings is 1. The number of hydrogen-bond donors (Lipinski definition) is 1. The van der Waals surface area contributed by atoms with Gasteiger partial charge in [0.2, 0.25) is 0 Å². The van der Waals surface area contributed by atoms with Gasteiger partial charge in [-0.3, -0.25) is 4.90 Å². The first kappa shape index (κ1) is 18.1. The lowest BCUT2D eigenvalue weighted by atomic mass is 10.2. The van der Waals surface area contributed by atoms with E-state index in [9.17, 15) is 0 Å². The minimum absolute atomic E-state index is 0. The van der Waals surface area contributed by atoms with Crippen molar-refractivity contribution >= 4 is 24.2 Å². The number of rotatable bonds is 6. The average molecular weight is 342 g/mol. The van der Waals surface area contributed by atoms with Crippen LogP contribution in [0.1, 0.15) is 12.0 Å². The SMILES string of the molecule is Cl.c1ccc(CSCCN2CCC(N3CCNCC3)C2)cc1. The van der Waals surface area contributed by atoms with Gasteiger partial charge in [-0.15, -0.1) is 12.4 Å². The molecule has 2 aliphatic rings. The molecule has 5 heteroatoms. The van der Waals surface area contributed by atoms with Crippen LogP contribution in [0.15, 0.2) is 30.3 Å². The predicted molar refractivity (Wildman–Crippen MR) is 99.1 cm³/mol. The first-order valence-electron chi connectivity index (χ1n) is 8.20. The lowest BCUT2D eigenvalue weighted by Crippen LogP contribution is -2.49. The van der Waals surface area contributed by atoms with Crippen LogP contribution in [0, 0.1) is 0 Å². The number of nitrogens with one attached hydrogen (secondary N) is 1. The normalized spacial score (nSPS) is 23.4. The minimum Gasteiger partial charge on any atom is -0.314 e. The standard InChI is InChI=1S/C17H27N3S.ClH/c1-2-4-16(5-3-1)15-21-13-12-19-9-6-17(14-19)20-10-7-18-8-11-20;/h1-5,17-18H,6-15H2;1H. The summed E-state index contributed by atoms with van der Waals surface area (Å²) in [7, 11) is 0. The molecule has 0 spiro atoms. The molecule has 0 saturated carbocycles. The molecule has 124 valence electrons. The molecule has 0 aliphatic carbocycles. The van der Waals surface area contributed by atoms with Gasteiger partial charge in [0.05, 0.1) is 0 Å².